The SMILES string of the molecule is CNc1cccc(CN(C)C)n1. The van der Waals surface area contributed by atoms with Crippen molar-refractivity contribution >= 4 is 5.82 Å². The Morgan fingerprint density at radius 2 is 2.17 bits per heavy atom. The first-order chi connectivity index (χ1) is 5.72. The summed E-state index contributed by atoms with van der Waals surface area (Å²) in [6.07, 6.45) is 0. The number of nitrogens with one attached hydrogen (secondary N) is 1. The minimum atomic E-state index is 0.884. The van der Waals surface area contributed by atoms with E-state index in [4.69, 9.17) is 0 Å². The molecule has 3 heteroatoms. The molecule has 0 aliphatic carbocycles. The lowest BCUT2D eigenvalue weighted by molar-refractivity contribution is 0.397. The van der Waals surface area contributed by atoms with Crippen molar-refractivity contribution < 1.29 is 0 Å². The number of rotatable bonds is 3. The molecule has 0 radical (unpaired) electrons. The highest BCUT2D eigenvalue weighted by Crippen LogP contribution is 2.04. The summed E-state index contributed by atoms with van der Waals surface area (Å²) >= 11 is 0. The molecule has 0 aliphatic rings. The molecule has 1 N–H and O–H groups in total. The molecule has 12 heavy (non-hydrogen) atoms. The highest BCUT2D eigenvalue weighted by Gasteiger charge is 1.96. The van der Waals surface area contributed by atoms with Crippen LogP contribution in [-0.2, 0) is 6.54 Å². The van der Waals surface area contributed by atoms with Gasteiger partial charge in [-0.15, -0.1) is 0 Å². The Hall–Kier alpha value is -1.09. The molecule has 1 rings (SSSR count). The van der Waals surface area contributed by atoms with E-state index < -0.39 is 0 Å². The maximum absolute atomic E-state index is 4.38. The zero-order chi connectivity index (χ0) is 8.97. The first-order valence-electron chi connectivity index (χ1n) is 4.01. The number of anilines is 1. The van der Waals surface area contributed by atoms with Crippen LogP contribution in [0, 0.1) is 0 Å². The second kappa shape index (κ2) is 4.07. The van der Waals surface area contributed by atoms with E-state index in [1.807, 2.05) is 39.3 Å². The molecular formula is C9H15N3. The zero-order valence-electron chi connectivity index (χ0n) is 7.83. The summed E-state index contributed by atoms with van der Waals surface area (Å²) in [5.74, 6) is 0.925. The van der Waals surface area contributed by atoms with E-state index in [0.717, 1.165) is 18.1 Å². The minimum absolute atomic E-state index is 0.884. The summed E-state index contributed by atoms with van der Waals surface area (Å²) in [6.45, 7) is 0.884. The minimum Gasteiger partial charge on any atom is -0.373 e. The third-order valence-electron chi connectivity index (χ3n) is 1.54. The highest BCUT2D eigenvalue weighted by molar-refractivity contribution is 5.34. The molecule has 1 aromatic rings. The van der Waals surface area contributed by atoms with Gasteiger partial charge in [0.2, 0.25) is 0 Å². The molecule has 0 atom stereocenters. The monoisotopic (exact) mass is 165 g/mol. The van der Waals surface area contributed by atoms with Crippen molar-refractivity contribution in [2.45, 2.75) is 6.54 Å². The summed E-state index contributed by atoms with van der Waals surface area (Å²) in [7, 11) is 5.95. The van der Waals surface area contributed by atoms with E-state index >= 15 is 0 Å². The highest BCUT2D eigenvalue weighted by atomic mass is 15.1. The summed E-state index contributed by atoms with van der Waals surface area (Å²) in [5.41, 5.74) is 1.09. The lowest BCUT2D eigenvalue weighted by Gasteiger charge is -2.09. The van der Waals surface area contributed by atoms with Crippen LogP contribution < -0.4 is 5.32 Å². The van der Waals surface area contributed by atoms with E-state index in [1.165, 1.54) is 0 Å². The maximum atomic E-state index is 4.38. The predicted octanol–water partition coefficient (Wildman–Crippen LogP) is 1.18. The number of nitrogens with zero attached hydrogens (tertiary/aromatic N) is 2. The van der Waals surface area contributed by atoms with Crippen molar-refractivity contribution in [3.8, 4) is 0 Å². The van der Waals surface area contributed by atoms with Crippen molar-refractivity contribution in [2.75, 3.05) is 26.5 Å². The first kappa shape index (κ1) is 9.00. The molecule has 66 valence electrons. The second-order valence-corrected chi connectivity index (χ2v) is 3.00. The number of hydrogen-bond donors (Lipinski definition) is 1. The number of hydrogen-bond acceptors (Lipinski definition) is 3. The van der Waals surface area contributed by atoms with Crippen molar-refractivity contribution in [3.63, 3.8) is 0 Å². The van der Waals surface area contributed by atoms with Crippen LogP contribution in [0.1, 0.15) is 5.69 Å². The van der Waals surface area contributed by atoms with Crippen LogP contribution in [0.2, 0.25) is 0 Å². The van der Waals surface area contributed by atoms with Crippen molar-refractivity contribution in [2.24, 2.45) is 0 Å². The summed E-state index contributed by atoms with van der Waals surface area (Å²) < 4.78 is 0. The van der Waals surface area contributed by atoms with Gasteiger partial charge in [-0.1, -0.05) is 6.07 Å². The lowest BCUT2D eigenvalue weighted by atomic mass is 10.3. The van der Waals surface area contributed by atoms with Gasteiger partial charge in [0.25, 0.3) is 0 Å². The molecule has 3 nitrogen and oxygen atoms in total. The Labute approximate surface area is 73.4 Å². The number of pyridine rings is 1. The van der Waals surface area contributed by atoms with Crippen LogP contribution in [0.15, 0.2) is 18.2 Å². The van der Waals surface area contributed by atoms with Crippen LogP contribution in [0.5, 0.6) is 0 Å². The molecule has 0 unspecified atom stereocenters. The maximum Gasteiger partial charge on any atom is 0.126 e. The van der Waals surface area contributed by atoms with Gasteiger partial charge in [-0.25, -0.2) is 4.98 Å². The topological polar surface area (TPSA) is 28.2 Å². The Kier molecular flexibility index (Phi) is 3.05. The van der Waals surface area contributed by atoms with E-state index in [9.17, 15) is 0 Å². The van der Waals surface area contributed by atoms with Crippen LogP contribution in [0.4, 0.5) is 5.82 Å². The molecule has 0 aromatic carbocycles. The second-order valence-electron chi connectivity index (χ2n) is 3.00. The van der Waals surface area contributed by atoms with E-state index in [0.29, 0.717) is 0 Å². The van der Waals surface area contributed by atoms with Gasteiger partial charge < -0.3 is 10.2 Å². The Morgan fingerprint density at radius 3 is 2.75 bits per heavy atom. The molecule has 1 heterocycles. The van der Waals surface area contributed by atoms with E-state index in [1.54, 1.807) is 0 Å². The molecular weight excluding hydrogens is 150 g/mol. The van der Waals surface area contributed by atoms with Crippen molar-refractivity contribution in [1.29, 1.82) is 0 Å². The fraction of sp³-hybridized carbons (Fsp3) is 0.444. The Balaban J connectivity index is 2.72. The summed E-state index contributed by atoms with van der Waals surface area (Å²) in [4.78, 5) is 6.48. The number of aromatic nitrogens is 1. The Bertz CT molecular complexity index is 245. The molecule has 0 aliphatic heterocycles. The molecule has 0 saturated carbocycles. The molecule has 0 amide bonds. The fourth-order valence-corrected chi connectivity index (χ4v) is 1.03. The van der Waals surface area contributed by atoms with Gasteiger partial charge in [0.15, 0.2) is 0 Å². The fourth-order valence-electron chi connectivity index (χ4n) is 1.03. The van der Waals surface area contributed by atoms with Gasteiger partial charge in [-0.2, -0.15) is 0 Å². The largest absolute Gasteiger partial charge is 0.373 e. The van der Waals surface area contributed by atoms with Crippen LogP contribution in [-0.4, -0.2) is 31.0 Å². The molecule has 0 fully saturated rings. The van der Waals surface area contributed by atoms with E-state index in [2.05, 4.69) is 15.2 Å². The first-order valence-corrected chi connectivity index (χ1v) is 4.01. The van der Waals surface area contributed by atoms with Crippen molar-refractivity contribution in [3.05, 3.63) is 23.9 Å². The molecule has 0 saturated heterocycles. The van der Waals surface area contributed by atoms with Crippen molar-refractivity contribution in [1.82, 2.24) is 9.88 Å². The third kappa shape index (κ3) is 2.51. The average Bonchev–Trinajstić information content (AvgIpc) is 2.03. The smallest absolute Gasteiger partial charge is 0.126 e. The Morgan fingerprint density at radius 1 is 1.42 bits per heavy atom. The van der Waals surface area contributed by atoms with E-state index in [-0.39, 0.29) is 0 Å². The van der Waals surface area contributed by atoms with Crippen LogP contribution in [0.25, 0.3) is 0 Å². The van der Waals surface area contributed by atoms with Gasteiger partial charge >= 0.3 is 0 Å². The zero-order valence-corrected chi connectivity index (χ0v) is 7.83. The third-order valence-corrected chi connectivity index (χ3v) is 1.54. The normalized spacial score (nSPS) is 10.3. The van der Waals surface area contributed by atoms with Gasteiger partial charge in [0.05, 0.1) is 5.69 Å². The quantitative estimate of drug-likeness (QED) is 0.729. The van der Waals surface area contributed by atoms with Gasteiger partial charge in [-0.3, -0.25) is 0 Å². The van der Waals surface area contributed by atoms with Gasteiger partial charge in [-0.05, 0) is 26.2 Å². The molecule has 0 bridgehead atoms. The molecule has 0 spiro atoms. The molecule has 1 aromatic heterocycles. The van der Waals surface area contributed by atoms with Crippen LogP contribution >= 0.6 is 0 Å². The lowest BCUT2D eigenvalue weighted by Crippen LogP contribution is -2.12. The summed E-state index contributed by atoms with van der Waals surface area (Å²) in [6, 6.07) is 6.00. The van der Waals surface area contributed by atoms with Crippen LogP contribution in [0.3, 0.4) is 0 Å². The van der Waals surface area contributed by atoms with Gasteiger partial charge in [0, 0.05) is 13.6 Å². The predicted molar refractivity (Wildman–Crippen MR) is 51.2 cm³/mol. The standard InChI is InChI=1S/C9H15N3/c1-10-9-6-4-5-8(11-9)7-12(2)3/h4-6H,7H2,1-3H3,(H,10,11). The summed E-state index contributed by atoms with van der Waals surface area (Å²) in [5, 5.41) is 3.01. The average molecular weight is 165 g/mol. The van der Waals surface area contributed by atoms with Gasteiger partial charge in [0.1, 0.15) is 5.82 Å².